The SMILES string of the molecule is CCCOCc1ccccc1CN=C(N)NCCc1ccccc1. The Morgan fingerprint density at radius 1 is 1.04 bits per heavy atom. The van der Waals surface area contributed by atoms with Crippen LogP contribution < -0.4 is 11.1 Å². The zero-order valence-electron chi connectivity index (χ0n) is 14.4. The molecule has 0 amide bonds. The van der Waals surface area contributed by atoms with Gasteiger partial charge in [0.2, 0.25) is 0 Å². The molecule has 0 heterocycles. The lowest BCUT2D eigenvalue weighted by Gasteiger charge is -2.09. The fraction of sp³-hybridized carbons (Fsp3) is 0.350. The van der Waals surface area contributed by atoms with Crippen molar-refractivity contribution in [2.75, 3.05) is 13.2 Å². The Morgan fingerprint density at radius 2 is 1.75 bits per heavy atom. The topological polar surface area (TPSA) is 59.6 Å². The summed E-state index contributed by atoms with van der Waals surface area (Å²) in [5.41, 5.74) is 9.58. The highest BCUT2D eigenvalue weighted by Crippen LogP contribution is 2.11. The summed E-state index contributed by atoms with van der Waals surface area (Å²) < 4.78 is 5.63. The summed E-state index contributed by atoms with van der Waals surface area (Å²) in [5, 5.41) is 3.17. The van der Waals surface area contributed by atoms with Crippen LogP contribution in [-0.4, -0.2) is 19.1 Å². The van der Waals surface area contributed by atoms with Crippen molar-refractivity contribution in [3.05, 3.63) is 71.3 Å². The first-order valence-electron chi connectivity index (χ1n) is 8.52. The summed E-state index contributed by atoms with van der Waals surface area (Å²) in [4.78, 5) is 4.44. The molecule has 0 radical (unpaired) electrons. The van der Waals surface area contributed by atoms with E-state index in [-0.39, 0.29) is 0 Å². The molecule has 0 fully saturated rings. The Hall–Kier alpha value is -2.33. The number of ether oxygens (including phenoxy) is 1. The summed E-state index contributed by atoms with van der Waals surface area (Å²) in [6.45, 7) is 4.86. The fourth-order valence-electron chi connectivity index (χ4n) is 2.38. The molecule has 0 aliphatic rings. The molecule has 4 nitrogen and oxygen atoms in total. The van der Waals surface area contributed by atoms with Gasteiger partial charge in [0.15, 0.2) is 5.96 Å². The van der Waals surface area contributed by atoms with Crippen molar-refractivity contribution in [1.82, 2.24) is 5.32 Å². The van der Waals surface area contributed by atoms with E-state index >= 15 is 0 Å². The monoisotopic (exact) mass is 325 g/mol. The second kappa shape index (κ2) is 10.4. The molecule has 0 aromatic heterocycles. The highest BCUT2D eigenvalue weighted by Gasteiger charge is 2.02. The molecular formula is C20H27N3O. The zero-order valence-corrected chi connectivity index (χ0v) is 14.4. The van der Waals surface area contributed by atoms with E-state index in [0.717, 1.165) is 31.6 Å². The first kappa shape index (κ1) is 18.0. The van der Waals surface area contributed by atoms with Crippen LogP contribution in [0.5, 0.6) is 0 Å². The molecule has 0 atom stereocenters. The third kappa shape index (κ3) is 6.42. The molecule has 0 saturated carbocycles. The van der Waals surface area contributed by atoms with Gasteiger partial charge in [-0.25, -0.2) is 4.99 Å². The number of nitrogens with zero attached hydrogens (tertiary/aromatic N) is 1. The second-order valence-electron chi connectivity index (χ2n) is 5.69. The molecule has 4 heteroatoms. The maximum atomic E-state index is 5.97. The summed E-state index contributed by atoms with van der Waals surface area (Å²) in [5.74, 6) is 0.482. The number of nitrogens with one attached hydrogen (secondary N) is 1. The van der Waals surface area contributed by atoms with Gasteiger partial charge in [-0.1, -0.05) is 61.5 Å². The maximum Gasteiger partial charge on any atom is 0.188 e. The van der Waals surface area contributed by atoms with Crippen LogP contribution in [0.1, 0.15) is 30.0 Å². The summed E-state index contributed by atoms with van der Waals surface area (Å²) >= 11 is 0. The standard InChI is InChI=1S/C20H27N3O/c1-2-14-24-16-19-11-7-6-10-18(19)15-23-20(21)22-13-12-17-8-4-3-5-9-17/h3-11H,2,12-16H2,1H3,(H3,21,22,23). The molecule has 0 aliphatic heterocycles. The highest BCUT2D eigenvalue weighted by molar-refractivity contribution is 5.77. The lowest BCUT2D eigenvalue weighted by Crippen LogP contribution is -2.33. The summed E-state index contributed by atoms with van der Waals surface area (Å²) in [6.07, 6.45) is 1.96. The predicted molar refractivity (Wildman–Crippen MR) is 99.9 cm³/mol. The average molecular weight is 325 g/mol. The lowest BCUT2D eigenvalue weighted by atomic mass is 10.1. The van der Waals surface area contributed by atoms with E-state index in [0.29, 0.717) is 19.1 Å². The molecule has 0 unspecified atom stereocenters. The van der Waals surface area contributed by atoms with Gasteiger partial charge in [0.05, 0.1) is 13.2 Å². The van der Waals surface area contributed by atoms with Crippen LogP contribution >= 0.6 is 0 Å². The van der Waals surface area contributed by atoms with Crippen molar-refractivity contribution in [2.24, 2.45) is 10.7 Å². The molecule has 128 valence electrons. The third-order valence-electron chi connectivity index (χ3n) is 3.71. The van der Waals surface area contributed by atoms with Gasteiger partial charge in [-0.15, -0.1) is 0 Å². The molecule has 0 aliphatic carbocycles. The number of hydrogen-bond acceptors (Lipinski definition) is 2. The predicted octanol–water partition coefficient (Wildman–Crippen LogP) is 3.26. The van der Waals surface area contributed by atoms with E-state index in [1.54, 1.807) is 0 Å². The fourth-order valence-corrected chi connectivity index (χ4v) is 2.38. The Labute approximate surface area is 144 Å². The van der Waals surface area contributed by atoms with Gasteiger partial charge in [0, 0.05) is 13.2 Å². The van der Waals surface area contributed by atoms with Crippen LogP contribution in [0.2, 0.25) is 0 Å². The molecule has 0 spiro atoms. The van der Waals surface area contributed by atoms with Gasteiger partial charge in [-0.05, 0) is 29.5 Å². The van der Waals surface area contributed by atoms with Crippen LogP contribution in [0.4, 0.5) is 0 Å². The number of benzene rings is 2. The normalized spacial score (nSPS) is 11.5. The first-order chi connectivity index (χ1) is 11.8. The van der Waals surface area contributed by atoms with E-state index < -0.39 is 0 Å². The maximum absolute atomic E-state index is 5.97. The molecule has 0 saturated heterocycles. The Bertz CT molecular complexity index is 626. The van der Waals surface area contributed by atoms with Crippen molar-refractivity contribution in [3.8, 4) is 0 Å². The van der Waals surface area contributed by atoms with Crippen LogP contribution in [-0.2, 0) is 24.3 Å². The average Bonchev–Trinajstić information content (AvgIpc) is 2.62. The molecule has 2 aromatic rings. The minimum absolute atomic E-state index is 0.482. The van der Waals surface area contributed by atoms with Gasteiger partial charge >= 0.3 is 0 Å². The number of guanidine groups is 1. The van der Waals surface area contributed by atoms with E-state index in [2.05, 4.69) is 41.5 Å². The number of aliphatic imine (C=N–C) groups is 1. The van der Waals surface area contributed by atoms with Crippen LogP contribution in [0.15, 0.2) is 59.6 Å². The van der Waals surface area contributed by atoms with Gasteiger partial charge in [0.1, 0.15) is 0 Å². The Kier molecular flexibility index (Phi) is 7.84. The minimum Gasteiger partial charge on any atom is -0.377 e. The Morgan fingerprint density at radius 3 is 2.50 bits per heavy atom. The molecule has 24 heavy (non-hydrogen) atoms. The molecule has 0 bridgehead atoms. The molecule has 3 N–H and O–H groups in total. The largest absolute Gasteiger partial charge is 0.377 e. The van der Waals surface area contributed by atoms with Crippen molar-refractivity contribution in [2.45, 2.75) is 32.9 Å². The van der Waals surface area contributed by atoms with Gasteiger partial charge < -0.3 is 15.8 Å². The van der Waals surface area contributed by atoms with E-state index in [1.165, 1.54) is 11.1 Å². The van der Waals surface area contributed by atoms with Gasteiger partial charge in [0.25, 0.3) is 0 Å². The zero-order chi connectivity index (χ0) is 17.0. The van der Waals surface area contributed by atoms with Gasteiger partial charge in [-0.3, -0.25) is 0 Å². The quantitative estimate of drug-likeness (QED) is 0.423. The third-order valence-corrected chi connectivity index (χ3v) is 3.71. The number of nitrogens with two attached hydrogens (primary N) is 1. The summed E-state index contributed by atoms with van der Waals surface area (Å²) in [6, 6.07) is 18.5. The summed E-state index contributed by atoms with van der Waals surface area (Å²) in [7, 11) is 0. The second-order valence-corrected chi connectivity index (χ2v) is 5.69. The lowest BCUT2D eigenvalue weighted by molar-refractivity contribution is 0.121. The van der Waals surface area contributed by atoms with Crippen molar-refractivity contribution >= 4 is 5.96 Å². The van der Waals surface area contributed by atoms with Crippen molar-refractivity contribution in [3.63, 3.8) is 0 Å². The van der Waals surface area contributed by atoms with Gasteiger partial charge in [-0.2, -0.15) is 0 Å². The molecule has 2 aromatic carbocycles. The number of rotatable bonds is 9. The Balaban J connectivity index is 1.81. The van der Waals surface area contributed by atoms with Crippen LogP contribution in [0, 0.1) is 0 Å². The van der Waals surface area contributed by atoms with E-state index in [4.69, 9.17) is 10.5 Å². The highest BCUT2D eigenvalue weighted by atomic mass is 16.5. The first-order valence-corrected chi connectivity index (χ1v) is 8.52. The smallest absolute Gasteiger partial charge is 0.188 e. The molecule has 2 rings (SSSR count). The van der Waals surface area contributed by atoms with Crippen LogP contribution in [0.3, 0.4) is 0 Å². The van der Waals surface area contributed by atoms with Crippen LogP contribution in [0.25, 0.3) is 0 Å². The molecular weight excluding hydrogens is 298 g/mol. The van der Waals surface area contributed by atoms with Crippen molar-refractivity contribution < 1.29 is 4.74 Å². The van der Waals surface area contributed by atoms with E-state index in [9.17, 15) is 0 Å². The minimum atomic E-state index is 0.482. The number of hydrogen-bond donors (Lipinski definition) is 2. The van der Waals surface area contributed by atoms with Crippen molar-refractivity contribution in [1.29, 1.82) is 0 Å². The van der Waals surface area contributed by atoms with E-state index in [1.807, 2.05) is 30.3 Å².